The molecular weight excluding hydrogens is 474 g/mol. The number of amides is 1. The highest BCUT2D eigenvalue weighted by molar-refractivity contribution is 7.93. The van der Waals surface area contributed by atoms with Crippen LogP contribution in [-0.4, -0.2) is 47.4 Å². The van der Waals surface area contributed by atoms with Gasteiger partial charge in [0, 0.05) is 38.0 Å². The third kappa shape index (κ3) is 5.29. The normalized spacial score (nSPS) is 13.2. The molecule has 0 saturated carbocycles. The van der Waals surface area contributed by atoms with E-state index >= 15 is 0 Å². The van der Waals surface area contributed by atoms with E-state index in [9.17, 15) is 13.2 Å². The van der Waals surface area contributed by atoms with Crippen molar-refractivity contribution in [3.05, 3.63) is 58.6 Å². The van der Waals surface area contributed by atoms with Crippen molar-refractivity contribution >= 4 is 39.5 Å². The number of carbonyl (C=O) groups excluding carboxylic acids is 1. The second-order valence-corrected chi connectivity index (χ2v) is 10.3. The molecule has 2 heterocycles. The minimum Gasteiger partial charge on any atom is -0.497 e. The van der Waals surface area contributed by atoms with Crippen LogP contribution in [0.4, 0.5) is 0 Å². The number of hydrogen-bond acceptors (Lipinski definition) is 8. The summed E-state index contributed by atoms with van der Waals surface area (Å²) < 4.78 is 34.2. The average molecular weight is 500 g/mol. The van der Waals surface area contributed by atoms with Gasteiger partial charge in [-0.2, -0.15) is 0 Å². The number of rotatable bonds is 10. The van der Waals surface area contributed by atoms with Crippen molar-refractivity contribution in [3.8, 4) is 5.75 Å². The number of carbonyl (C=O) groups is 1. The first-order valence-electron chi connectivity index (χ1n) is 9.49. The van der Waals surface area contributed by atoms with Crippen molar-refractivity contribution in [2.45, 2.75) is 29.5 Å². The highest BCUT2D eigenvalue weighted by Crippen LogP contribution is 2.29. The lowest BCUT2D eigenvalue weighted by Gasteiger charge is -2.31. The fraction of sp³-hybridized carbons (Fsp3) is 0.350. The summed E-state index contributed by atoms with van der Waals surface area (Å²) in [6, 6.07) is 5.85. The van der Waals surface area contributed by atoms with Crippen LogP contribution in [0, 0.1) is 6.92 Å². The van der Waals surface area contributed by atoms with E-state index in [2.05, 4.69) is 15.3 Å². The lowest BCUT2D eigenvalue weighted by Crippen LogP contribution is -2.62. The fourth-order valence-corrected chi connectivity index (χ4v) is 5.68. The Bertz CT molecular complexity index is 1160. The van der Waals surface area contributed by atoms with Crippen molar-refractivity contribution in [1.82, 2.24) is 19.9 Å². The first kappa shape index (κ1) is 25.8. The first-order chi connectivity index (χ1) is 14.7. The average Bonchev–Trinajstić information content (AvgIpc) is 3.34. The molecule has 0 spiro atoms. The maximum absolute atomic E-state index is 13.7. The van der Waals surface area contributed by atoms with Gasteiger partial charge < -0.3 is 15.0 Å². The van der Waals surface area contributed by atoms with E-state index in [1.807, 2.05) is 12.3 Å². The van der Waals surface area contributed by atoms with E-state index in [0.717, 1.165) is 10.7 Å². The van der Waals surface area contributed by atoms with Gasteiger partial charge in [0.05, 0.1) is 34.7 Å². The molecule has 0 radical (unpaired) electrons. The molecule has 174 valence electrons. The van der Waals surface area contributed by atoms with Gasteiger partial charge in [-0.15, -0.1) is 23.7 Å². The molecule has 3 N–H and O–H groups in total. The van der Waals surface area contributed by atoms with Gasteiger partial charge in [0.15, 0.2) is 0 Å². The first-order valence-corrected chi connectivity index (χ1v) is 11.9. The quantitative estimate of drug-likeness (QED) is 0.433. The van der Waals surface area contributed by atoms with Crippen LogP contribution in [0.15, 0.2) is 47.1 Å². The lowest BCUT2D eigenvalue weighted by atomic mass is 10.1. The standard InChI is InChI=1S/C20H25N5O4S2.ClH/c1-14-24-15(12-30-14)8-9-23-20(19(21)26,10-16-11-25(2)13-22-16)31(27,28)18-6-4-17(29-3)5-7-18;/h4-7,11-13,23H,8-10H2,1-3H3,(H2,21,26);1H. The Morgan fingerprint density at radius 3 is 2.47 bits per heavy atom. The van der Waals surface area contributed by atoms with Gasteiger partial charge >= 0.3 is 0 Å². The van der Waals surface area contributed by atoms with Gasteiger partial charge in [-0.05, 0) is 31.2 Å². The van der Waals surface area contributed by atoms with Crippen molar-refractivity contribution in [3.63, 3.8) is 0 Å². The minimum atomic E-state index is -4.23. The van der Waals surface area contributed by atoms with Gasteiger partial charge in [-0.25, -0.2) is 18.4 Å². The number of methoxy groups -OCH3 is 1. The zero-order chi connectivity index (χ0) is 22.6. The fourth-order valence-electron chi connectivity index (χ4n) is 3.24. The van der Waals surface area contributed by atoms with Crippen LogP contribution in [0.2, 0.25) is 0 Å². The Morgan fingerprint density at radius 2 is 1.97 bits per heavy atom. The number of benzene rings is 1. The molecular formula is C20H26ClN5O4S2. The number of halogens is 1. The molecule has 0 aliphatic carbocycles. The molecule has 1 unspecified atom stereocenters. The molecule has 1 aromatic carbocycles. The summed E-state index contributed by atoms with van der Waals surface area (Å²) in [7, 11) is -0.985. The summed E-state index contributed by atoms with van der Waals surface area (Å²) in [6.07, 6.45) is 3.43. The number of aryl methyl sites for hydroxylation is 2. The highest BCUT2D eigenvalue weighted by atomic mass is 35.5. The monoisotopic (exact) mass is 499 g/mol. The number of aromatic nitrogens is 3. The van der Waals surface area contributed by atoms with E-state index in [1.165, 1.54) is 42.7 Å². The van der Waals surface area contributed by atoms with Crippen molar-refractivity contribution in [2.24, 2.45) is 12.8 Å². The summed E-state index contributed by atoms with van der Waals surface area (Å²) in [5, 5.41) is 5.75. The van der Waals surface area contributed by atoms with E-state index < -0.39 is 20.6 Å². The van der Waals surface area contributed by atoms with Crippen LogP contribution in [-0.2, 0) is 34.5 Å². The molecule has 0 saturated heterocycles. The van der Waals surface area contributed by atoms with E-state index in [-0.39, 0.29) is 30.3 Å². The summed E-state index contributed by atoms with van der Waals surface area (Å²) in [5.74, 6) is -0.497. The topological polar surface area (TPSA) is 129 Å². The number of imidazole rings is 1. The number of thiazole rings is 1. The minimum absolute atomic E-state index is 0. The Kier molecular flexibility index (Phi) is 8.41. The summed E-state index contributed by atoms with van der Waals surface area (Å²) in [6.45, 7) is 2.08. The highest BCUT2D eigenvalue weighted by Gasteiger charge is 2.50. The van der Waals surface area contributed by atoms with E-state index in [4.69, 9.17) is 10.5 Å². The van der Waals surface area contributed by atoms with Gasteiger partial charge in [-0.1, -0.05) is 0 Å². The number of sulfone groups is 1. The molecule has 0 fully saturated rings. The van der Waals surface area contributed by atoms with E-state index in [1.54, 1.807) is 24.1 Å². The molecule has 0 aliphatic rings. The molecule has 12 heteroatoms. The number of ether oxygens (including phenoxy) is 1. The third-order valence-electron chi connectivity index (χ3n) is 4.87. The largest absolute Gasteiger partial charge is 0.497 e. The molecule has 32 heavy (non-hydrogen) atoms. The van der Waals surface area contributed by atoms with Crippen molar-refractivity contribution in [1.29, 1.82) is 0 Å². The van der Waals surface area contributed by atoms with Crippen LogP contribution in [0.5, 0.6) is 5.75 Å². The molecule has 1 atom stereocenters. The molecule has 9 nitrogen and oxygen atoms in total. The summed E-state index contributed by atoms with van der Waals surface area (Å²) in [4.78, 5) is 19.2. The predicted molar refractivity (Wildman–Crippen MR) is 125 cm³/mol. The molecule has 1 amide bonds. The Morgan fingerprint density at radius 1 is 1.28 bits per heavy atom. The number of hydrogen-bond donors (Lipinski definition) is 2. The van der Waals surface area contributed by atoms with Crippen LogP contribution in [0.25, 0.3) is 0 Å². The van der Waals surface area contributed by atoms with Gasteiger partial charge in [0.25, 0.3) is 5.91 Å². The summed E-state index contributed by atoms with van der Waals surface area (Å²) in [5.41, 5.74) is 6.98. The Labute approximate surface area is 197 Å². The molecule has 3 rings (SSSR count). The predicted octanol–water partition coefficient (Wildman–Crippen LogP) is 1.65. The number of nitrogens with two attached hydrogens (primary N) is 1. The van der Waals surface area contributed by atoms with Gasteiger partial charge in [0.2, 0.25) is 14.7 Å². The zero-order valence-electron chi connectivity index (χ0n) is 17.9. The van der Waals surface area contributed by atoms with Crippen molar-refractivity contribution < 1.29 is 17.9 Å². The second-order valence-electron chi connectivity index (χ2n) is 7.11. The summed E-state index contributed by atoms with van der Waals surface area (Å²) >= 11 is 1.51. The van der Waals surface area contributed by atoms with Crippen LogP contribution >= 0.6 is 23.7 Å². The number of nitrogens with one attached hydrogen (secondary N) is 1. The SMILES string of the molecule is COc1ccc(S(=O)(=O)C(Cc2cn(C)cn2)(NCCc2csc(C)n2)C(N)=O)cc1.Cl. The Hall–Kier alpha value is -2.47. The Balaban J connectivity index is 0.00000363. The van der Waals surface area contributed by atoms with Gasteiger partial charge in [-0.3, -0.25) is 10.1 Å². The van der Waals surface area contributed by atoms with E-state index in [0.29, 0.717) is 17.9 Å². The lowest BCUT2D eigenvalue weighted by molar-refractivity contribution is -0.121. The molecule has 2 aromatic heterocycles. The van der Waals surface area contributed by atoms with Gasteiger partial charge in [0.1, 0.15) is 5.75 Å². The molecule has 0 bridgehead atoms. The number of nitrogens with zero attached hydrogens (tertiary/aromatic N) is 3. The third-order valence-corrected chi connectivity index (χ3v) is 8.00. The van der Waals surface area contributed by atoms with Crippen LogP contribution < -0.4 is 15.8 Å². The second kappa shape index (κ2) is 10.4. The maximum atomic E-state index is 13.7. The maximum Gasteiger partial charge on any atom is 0.254 e. The van der Waals surface area contributed by atoms with Crippen LogP contribution in [0.1, 0.15) is 16.4 Å². The van der Waals surface area contributed by atoms with Crippen molar-refractivity contribution in [2.75, 3.05) is 13.7 Å². The molecule has 3 aromatic rings. The molecule has 0 aliphatic heterocycles. The number of primary amides is 1. The van der Waals surface area contributed by atoms with Crippen LogP contribution in [0.3, 0.4) is 0 Å². The zero-order valence-corrected chi connectivity index (χ0v) is 20.4. The smallest absolute Gasteiger partial charge is 0.254 e.